The average molecular weight is 394 g/mol. The summed E-state index contributed by atoms with van der Waals surface area (Å²) in [5.74, 6) is -0.404. The number of hydrogen-bond acceptors (Lipinski definition) is 5. The molecule has 0 unspecified atom stereocenters. The zero-order chi connectivity index (χ0) is 20.1. The number of amides is 1. The number of unbranched alkanes of at least 4 members (excludes halogenated alkanes) is 1. The van der Waals surface area contributed by atoms with Crippen LogP contribution in [0.4, 0.5) is 11.5 Å². The second-order valence-electron chi connectivity index (χ2n) is 6.68. The Labute approximate surface area is 162 Å². The van der Waals surface area contributed by atoms with Gasteiger partial charge in [0.25, 0.3) is 11.5 Å². The first-order chi connectivity index (χ1) is 12.8. The second kappa shape index (κ2) is 8.85. The third-order valence-electron chi connectivity index (χ3n) is 3.99. The highest BCUT2D eigenvalue weighted by Gasteiger charge is 2.26. The monoisotopic (exact) mass is 393 g/mol. The molecule has 2 aromatic heterocycles. The van der Waals surface area contributed by atoms with Gasteiger partial charge >= 0.3 is 5.69 Å². The number of halogens is 1. The molecule has 0 bridgehead atoms. The van der Waals surface area contributed by atoms with Gasteiger partial charge in [0.05, 0.1) is 0 Å². The minimum atomic E-state index is -0.695. The predicted octanol–water partition coefficient (Wildman–Crippen LogP) is 2.27. The maximum atomic E-state index is 13.1. The zero-order valence-electron chi connectivity index (χ0n) is 15.7. The van der Waals surface area contributed by atoms with Gasteiger partial charge in [-0.15, -0.1) is 0 Å². The number of aromatic nitrogens is 3. The first-order valence-corrected chi connectivity index (χ1v) is 9.20. The van der Waals surface area contributed by atoms with E-state index in [1.54, 1.807) is 0 Å². The van der Waals surface area contributed by atoms with Crippen molar-refractivity contribution in [2.75, 3.05) is 17.2 Å². The van der Waals surface area contributed by atoms with Gasteiger partial charge in [-0.2, -0.15) is 0 Å². The van der Waals surface area contributed by atoms with Crippen molar-refractivity contribution in [3.63, 3.8) is 0 Å². The predicted molar refractivity (Wildman–Crippen MR) is 106 cm³/mol. The number of pyridine rings is 1. The summed E-state index contributed by atoms with van der Waals surface area (Å²) in [5.41, 5.74) is 5.13. The molecule has 2 aromatic rings. The van der Waals surface area contributed by atoms with Crippen LogP contribution in [0, 0.1) is 5.92 Å². The number of rotatable bonds is 7. The Kier molecular flexibility index (Phi) is 6.79. The van der Waals surface area contributed by atoms with E-state index in [4.69, 9.17) is 17.3 Å². The molecule has 9 heteroatoms. The first-order valence-electron chi connectivity index (χ1n) is 8.82. The third kappa shape index (κ3) is 4.77. The van der Waals surface area contributed by atoms with Crippen LogP contribution in [0.3, 0.4) is 0 Å². The van der Waals surface area contributed by atoms with Gasteiger partial charge in [-0.3, -0.25) is 19.1 Å². The van der Waals surface area contributed by atoms with Crippen LogP contribution in [0.15, 0.2) is 27.9 Å². The average Bonchev–Trinajstić information content (AvgIpc) is 2.59. The highest BCUT2D eigenvalue weighted by Crippen LogP contribution is 2.21. The smallest absolute Gasteiger partial charge is 0.330 e. The van der Waals surface area contributed by atoms with E-state index >= 15 is 0 Å². The van der Waals surface area contributed by atoms with Crippen LogP contribution in [-0.4, -0.2) is 27.0 Å². The minimum Gasteiger partial charge on any atom is -0.383 e. The molecule has 27 heavy (non-hydrogen) atoms. The lowest BCUT2D eigenvalue weighted by molar-refractivity contribution is 0.0983. The molecular formula is C18H24ClN5O3. The SMILES string of the molecule is CCCCn1c(N)c(N(CC(C)C)C(=O)c2ccnc(Cl)c2)c(=O)[nH]c1=O. The van der Waals surface area contributed by atoms with Gasteiger partial charge in [-0.1, -0.05) is 38.8 Å². The number of nitrogens with one attached hydrogen (secondary N) is 1. The number of nitrogens with two attached hydrogens (primary N) is 1. The number of hydrogen-bond donors (Lipinski definition) is 2. The fourth-order valence-corrected chi connectivity index (χ4v) is 2.88. The molecule has 8 nitrogen and oxygen atoms in total. The van der Waals surface area contributed by atoms with Crippen LogP contribution in [0.1, 0.15) is 44.0 Å². The molecule has 0 fully saturated rings. The lowest BCUT2D eigenvalue weighted by Crippen LogP contribution is -2.42. The summed E-state index contributed by atoms with van der Waals surface area (Å²) in [7, 11) is 0. The lowest BCUT2D eigenvalue weighted by atomic mass is 10.1. The maximum absolute atomic E-state index is 13.1. The Hall–Kier alpha value is -2.61. The Morgan fingerprint density at radius 2 is 2.11 bits per heavy atom. The molecule has 0 saturated heterocycles. The molecular weight excluding hydrogens is 370 g/mol. The van der Waals surface area contributed by atoms with Crippen LogP contribution in [-0.2, 0) is 6.54 Å². The fourth-order valence-electron chi connectivity index (χ4n) is 2.71. The summed E-state index contributed by atoms with van der Waals surface area (Å²) < 4.78 is 1.29. The Morgan fingerprint density at radius 3 is 2.70 bits per heavy atom. The number of H-pyrrole nitrogens is 1. The molecule has 146 valence electrons. The van der Waals surface area contributed by atoms with Gasteiger partial charge in [-0.05, 0) is 24.5 Å². The van der Waals surface area contributed by atoms with Crippen molar-refractivity contribution in [1.29, 1.82) is 0 Å². The molecule has 3 N–H and O–H groups in total. The quantitative estimate of drug-likeness (QED) is 0.700. The molecule has 2 heterocycles. The number of carbonyl (C=O) groups is 1. The molecule has 0 radical (unpaired) electrons. The summed E-state index contributed by atoms with van der Waals surface area (Å²) in [4.78, 5) is 45.2. The molecule has 0 saturated carbocycles. The molecule has 0 spiro atoms. The van der Waals surface area contributed by atoms with E-state index in [1.165, 1.54) is 27.8 Å². The van der Waals surface area contributed by atoms with Crippen molar-refractivity contribution in [1.82, 2.24) is 14.5 Å². The van der Waals surface area contributed by atoms with E-state index in [-0.39, 0.29) is 34.7 Å². The third-order valence-corrected chi connectivity index (χ3v) is 4.19. The van der Waals surface area contributed by atoms with E-state index in [9.17, 15) is 14.4 Å². The van der Waals surface area contributed by atoms with Crippen molar-refractivity contribution in [3.05, 3.63) is 49.9 Å². The van der Waals surface area contributed by atoms with Crippen LogP contribution in [0.5, 0.6) is 0 Å². The molecule has 0 aliphatic rings. The maximum Gasteiger partial charge on any atom is 0.330 e. The summed E-state index contributed by atoms with van der Waals surface area (Å²) in [6.07, 6.45) is 2.98. The topological polar surface area (TPSA) is 114 Å². The van der Waals surface area contributed by atoms with E-state index in [1.807, 2.05) is 20.8 Å². The van der Waals surface area contributed by atoms with Gasteiger partial charge in [-0.25, -0.2) is 9.78 Å². The van der Waals surface area contributed by atoms with Gasteiger partial charge < -0.3 is 10.6 Å². The van der Waals surface area contributed by atoms with Gasteiger partial charge in [0.1, 0.15) is 11.0 Å². The molecule has 0 atom stereocenters. The van der Waals surface area contributed by atoms with Gasteiger partial charge in [0.15, 0.2) is 5.69 Å². The molecule has 1 amide bonds. The molecule has 0 aromatic carbocycles. The number of aromatic amines is 1. The van der Waals surface area contributed by atoms with Crippen molar-refractivity contribution in [2.24, 2.45) is 5.92 Å². The Morgan fingerprint density at radius 1 is 1.41 bits per heavy atom. The largest absolute Gasteiger partial charge is 0.383 e. The summed E-state index contributed by atoms with van der Waals surface area (Å²) in [5, 5.41) is 0.167. The molecule has 2 rings (SSSR count). The zero-order valence-corrected chi connectivity index (χ0v) is 16.4. The summed E-state index contributed by atoms with van der Waals surface area (Å²) >= 11 is 5.89. The van der Waals surface area contributed by atoms with Gasteiger partial charge in [0.2, 0.25) is 0 Å². The number of anilines is 2. The highest BCUT2D eigenvalue weighted by molar-refractivity contribution is 6.29. The van der Waals surface area contributed by atoms with Crippen LogP contribution >= 0.6 is 11.6 Å². The second-order valence-corrected chi connectivity index (χ2v) is 7.06. The Bertz CT molecular complexity index is 935. The van der Waals surface area contributed by atoms with Crippen molar-refractivity contribution >= 4 is 29.0 Å². The fraction of sp³-hybridized carbons (Fsp3) is 0.444. The van der Waals surface area contributed by atoms with E-state index < -0.39 is 17.2 Å². The molecule has 0 aliphatic heterocycles. The highest BCUT2D eigenvalue weighted by atomic mass is 35.5. The summed E-state index contributed by atoms with van der Waals surface area (Å²) in [6.45, 7) is 6.41. The first kappa shape index (κ1) is 20.7. The number of nitrogen functional groups attached to an aromatic ring is 1. The van der Waals surface area contributed by atoms with Crippen molar-refractivity contribution in [2.45, 2.75) is 40.2 Å². The van der Waals surface area contributed by atoms with Gasteiger partial charge in [0, 0.05) is 24.8 Å². The summed E-state index contributed by atoms with van der Waals surface area (Å²) in [6, 6.07) is 2.94. The normalized spacial score (nSPS) is 11.0. The van der Waals surface area contributed by atoms with Crippen LogP contribution in [0.2, 0.25) is 5.15 Å². The Balaban J connectivity index is 2.61. The number of carbonyl (C=O) groups excluding carboxylic acids is 1. The van der Waals surface area contributed by atoms with Crippen LogP contribution < -0.4 is 21.9 Å². The molecule has 0 aliphatic carbocycles. The standard InChI is InChI=1S/C18H24ClN5O3/c1-4-5-8-23-15(20)14(16(25)22-18(23)27)24(10-11(2)3)17(26)12-6-7-21-13(19)9-12/h6-7,9,11H,4-5,8,10,20H2,1-3H3,(H,22,25,27). The van der Waals surface area contributed by atoms with Crippen molar-refractivity contribution < 1.29 is 4.79 Å². The number of nitrogens with zero attached hydrogens (tertiary/aromatic N) is 3. The lowest BCUT2D eigenvalue weighted by Gasteiger charge is -2.26. The van der Waals surface area contributed by atoms with E-state index in [2.05, 4.69) is 9.97 Å². The van der Waals surface area contributed by atoms with Crippen molar-refractivity contribution in [3.8, 4) is 0 Å². The van der Waals surface area contributed by atoms with E-state index in [0.717, 1.165) is 6.42 Å². The minimum absolute atomic E-state index is 0.0219. The van der Waals surface area contributed by atoms with Crippen LogP contribution in [0.25, 0.3) is 0 Å². The van der Waals surface area contributed by atoms with E-state index in [0.29, 0.717) is 13.0 Å².